The van der Waals surface area contributed by atoms with Crippen molar-refractivity contribution in [1.29, 1.82) is 5.26 Å². The van der Waals surface area contributed by atoms with Crippen LogP contribution in [0.3, 0.4) is 0 Å². The monoisotopic (exact) mass is 632 g/mol. The fraction of sp³-hybridized carbons (Fsp3) is 0.400. The number of carboxylic acids is 1. The molecule has 0 spiro atoms. The standard InChI is InChI=1S/C20H15BrClF5N4O7/c21-7-1-6-9(2-8(7)22)30-31(11(6)4-28)10-3-13(17(35)36)38-16(15(34)12(33)5-32)14(10)29-18(37)19(23,24)20(25,26)27/h1-3,10,12,14-16,32-34H,5H2,(H,29,37)(H,35,36)/t10-,12+,14+,15+,16+/m0/s1. The van der Waals surface area contributed by atoms with Crippen LogP contribution in [0, 0.1) is 11.3 Å². The third kappa shape index (κ3) is 5.27. The van der Waals surface area contributed by atoms with E-state index >= 15 is 0 Å². The minimum absolute atomic E-state index is 0.00436. The summed E-state index contributed by atoms with van der Waals surface area (Å²) in [5.74, 6) is -11.7. The van der Waals surface area contributed by atoms with Gasteiger partial charge >= 0.3 is 24.0 Å². The highest BCUT2D eigenvalue weighted by Gasteiger charge is 2.64. The number of aliphatic hydroxyl groups is 3. The molecule has 1 aromatic heterocycles. The Balaban J connectivity index is 2.27. The number of nitrogens with zero attached hydrogens (tertiary/aromatic N) is 3. The molecular weight excluding hydrogens is 619 g/mol. The largest absolute Gasteiger partial charge is 0.478 e. The molecule has 0 saturated heterocycles. The van der Waals surface area contributed by atoms with Gasteiger partial charge in [0.1, 0.15) is 30.1 Å². The van der Waals surface area contributed by atoms with Gasteiger partial charge in [0, 0.05) is 9.86 Å². The fourth-order valence-corrected chi connectivity index (χ4v) is 4.13. The van der Waals surface area contributed by atoms with E-state index < -0.39 is 66.7 Å². The first-order valence-corrected chi connectivity index (χ1v) is 11.3. The number of amides is 1. The molecule has 1 aliphatic rings. The van der Waals surface area contributed by atoms with E-state index in [1.807, 2.05) is 0 Å². The number of carboxylic acid groups (broad SMARTS) is 1. The number of nitriles is 1. The molecule has 11 nitrogen and oxygen atoms in total. The first-order chi connectivity index (χ1) is 17.5. The van der Waals surface area contributed by atoms with Gasteiger partial charge in [-0.2, -0.15) is 32.3 Å². The van der Waals surface area contributed by atoms with Crippen LogP contribution in [0.2, 0.25) is 5.02 Å². The lowest BCUT2D eigenvalue weighted by molar-refractivity contribution is -0.270. The number of hydrogen-bond acceptors (Lipinski definition) is 8. The normalized spacial score (nSPS) is 21.7. The minimum Gasteiger partial charge on any atom is -0.478 e. The van der Waals surface area contributed by atoms with Gasteiger partial charge in [-0.15, -0.1) is 0 Å². The van der Waals surface area contributed by atoms with Gasteiger partial charge in [-0.05, 0) is 34.1 Å². The summed E-state index contributed by atoms with van der Waals surface area (Å²) >= 11 is 9.16. The van der Waals surface area contributed by atoms with Crippen LogP contribution in [-0.2, 0) is 14.3 Å². The van der Waals surface area contributed by atoms with Gasteiger partial charge in [0.25, 0.3) is 0 Å². The predicted molar refractivity (Wildman–Crippen MR) is 119 cm³/mol. The quantitative estimate of drug-likeness (QED) is 0.284. The molecule has 1 amide bonds. The zero-order valence-corrected chi connectivity index (χ0v) is 20.7. The number of aliphatic hydroxyl groups excluding tert-OH is 3. The van der Waals surface area contributed by atoms with Crippen molar-refractivity contribution in [2.45, 2.75) is 42.5 Å². The second-order valence-electron chi connectivity index (χ2n) is 7.91. The van der Waals surface area contributed by atoms with E-state index in [9.17, 15) is 57.2 Å². The number of aromatic nitrogens is 2. The summed E-state index contributed by atoms with van der Waals surface area (Å²) in [6, 6.07) is 0.271. The van der Waals surface area contributed by atoms with Crippen LogP contribution in [-0.4, -0.2) is 85.1 Å². The molecule has 2 aromatic rings. The molecular formula is C20H15BrClF5N4O7. The number of alkyl halides is 5. The number of nitrogens with one attached hydrogen (secondary N) is 1. The van der Waals surface area contributed by atoms with Gasteiger partial charge in [-0.3, -0.25) is 4.79 Å². The van der Waals surface area contributed by atoms with Crippen LogP contribution in [0.15, 0.2) is 28.4 Å². The van der Waals surface area contributed by atoms with Crippen LogP contribution in [0.5, 0.6) is 0 Å². The third-order valence-corrected chi connectivity index (χ3v) is 6.70. The SMILES string of the molecule is N#Cc1c2cc(Br)c(Cl)cc2nn1[C@H]1C=C(C(=O)O)O[C@@H]([C@H](O)[C@H](O)CO)[C@@H]1NC(=O)C(F)(F)C(F)(F)F. The summed E-state index contributed by atoms with van der Waals surface area (Å²) in [7, 11) is 0. The Bertz CT molecular complexity index is 1350. The number of carbonyl (C=O) groups is 2. The lowest BCUT2D eigenvalue weighted by Gasteiger charge is -2.40. The van der Waals surface area contributed by atoms with Crippen LogP contribution < -0.4 is 5.32 Å². The average Bonchev–Trinajstić information content (AvgIpc) is 3.19. The lowest BCUT2D eigenvalue weighted by atomic mass is 9.91. The topological polar surface area (TPSA) is 178 Å². The van der Waals surface area contributed by atoms with Crippen molar-refractivity contribution in [3.8, 4) is 6.07 Å². The Morgan fingerprint density at radius 2 is 1.92 bits per heavy atom. The maximum atomic E-state index is 13.8. The van der Waals surface area contributed by atoms with Crippen LogP contribution in [0.4, 0.5) is 22.0 Å². The van der Waals surface area contributed by atoms with E-state index in [4.69, 9.17) is 16.3 Å². The summed E-state index contributed by atoms with van der Waals surface area (Å²) in [6.45, 7) is -1.18. The van der Waals surface area contributed by atoms with E-state index in [1.54, 1.807) is 6.07 Å². The van der Waals surface area contributed by atoms with Gasteiger partial charge in [-0.25, -0.2) is 9.48 Å². The molecule has 1 aromatic carbocycles. The van der Waals surface area contributed by atoms with Crippen molar-refractivity contribution < 1.29 is 56.7 Å². The Labute approximate surface area is 221 Å². The second kappa shape index (κ2) is 10.6. The smallest absolute Gasteiger partial charge is 0.463 e. The Morgan fingerprint density at radius 3 is 2.45 bits per heavy atom. The zero-order valence-electron chi connectivity index (χ0n) is 18.3. The fourth-order valence-electron chi connectivity index (χ4n) is 3.63. The number of carbonyl (C=O) groups excluding carboxylic acids is 1. The molecule has 38 heavy (non-hydrogen) atoms. The van der Waals surface area contributed by atoms with E-state index in [2.05, 4.69) is 21.0 Å². The van der Waals surface area contributed by atoms with Crippen molar-refractivity contribution >= 4 is 50.3 Å². The molecule has 0 fully saturated rings. The number of ether oxygens (including phenoxy) is 1. The van der Waals surface area contributed by atoms with Gasteiger partial charge in [0.15, 0.2) is 0 Å². The molecule has 2 heterocycles. The number of halogens is 7. The first-order valence-electron chi connectivity index (χ1n) is 10.2. The summed E-state index contributed by atoms with van der Waals surface area (Å²) in [5, 5.41) is 54.4. The zero-order chi connectivity index (χ0) is 28.7. The molecule has 5 atom stereocenters. The molecule has 0 saturated carbocycles. The second-order valence-corrected chi connectivity index (χ2v) is 9.17. The van der Waals surface area contributed by atoms with Crippen LogP contribution in [0.1, 0.15) is 11.7 Å². The first kappa shape index (κ1) is 29.5. The number of benzene rings is 1. The van der Waals surface area contributed by atoms with Crippen molar-refractivity contribution in [1.82, 2.24) is 15.1 Å². The molecule has 0 radical (unpaired) electrons. The number of aliphatic carboxylic acids is 1. The van der Waals surface area contributed by atoms with Crippen LogP contribution >= 0.6 is 27.5 Å². The highest BCUT2D eigenvalue weighted by molar-refractivity contribution is 9.10. The molecule has 1 aliphatic heterocycles. The molecule has 0 unspecified atom stereocenters. The van der Waals surface area contributed by atoms with Gasteiger partial charge in [0.2, 0.25) is 5.76 Å². The maximum absolute atomic E-state index is 13.8. The number of fused-ring (bicyclic) bond motifs is 1. The average molecular weight is 634 g/mol. The molecule has 3 rings (SSSR count). The number of hydrogen-bond donors (Lipinski definition) is 5. The van der Waals surface area contributed by atoms with Crippen molar-refractivity contribution in [3.63, 3.8) is 0 Å². The minimum atomic E-state index is -6.34. The van der Waals surface area contributed by atoms with Crippen molar-refractivity contribution in [2.75, 3.05) is 6.61 Å². The van der Waals surface area contributed by atoms with Crippen LogP contribution in [0.25, 0.3) is 10.9 Å². The number of rotatable bonds is 7. The molecule has 0 aliphatic carbocycles. The van der Waals surface area contributed by atoms with E-state index in [1.165, 1.54) is 17.4 Å². The highest BCUT2D eigenvalue weighted by atomic mass is 79.9. The van der Waals surface area contributed by atoms with E-state index in [-0.39, 0.29) is 26.1 Å². The Hall–Kier alpha value is -3.04. The molecule has 0 bridgehead atoms. The van der Waals surface area contributed by atoms with E-state index in [0.717, 1.165) is 0 Å². The maximum Gasteiger partial charge on any atom is 0.463 e. The van der Waals surface area contributed by atoms with Gasteiger partial charge in [0.05, 0.1) is 29.2 Å². The van der Waals surface area contributed by atoms with Gasteiger partial charge in [-0.1, -0.05) is 11.6 Å². The summed E-state index contributed by atoms with van der Waals surface area (Å²) in [6.07, 6.45) is -12.4. The van der Waals surface area contributed by atoms with Crippen molar-refractivity contribution in [2.24, 2.45) is 0 Å². The lowest BCUT2D eigenvalue weighted by Crippen LogP contribution is -2.62. The molecule has 5 N–H and O–H groups in total. The third-order valence-electron chi connectivity index (χ3n) is 5.50. The molecule has 18 heteroatoms. The summed E-state index contributed by atoms with van der Waals surface area (Å²) < 4.78 is 72.3. The molecule has 206 valence electrons. The Morgan fingerprint density at radius 1 is 1.29 bits per heavy atom. The summed E-state index contributed by atoms with van der Waals surface area (Å²) in [5.41, 5.74) is -0.368. The van der Waals surface area contributed by atoms with Crippen molar-refractivity contribution in [3.05, 3.63) is 39.2 Å². The summed E-state index contributed by atoms with van der Waals surface area (Å²) in [4.78, 5) is 23.8. The van der Waals surface area contributed by atoms with Gasteiger partial charge < -0.3 is 30.5 Å². The predicted octanol–water partition coefficient (Wildman–Crippen LogP) is 1.63. The highest BCUT2D eigenvalue weighted by Crippen LogP contribution is 2.38. The van der Waals surface area contributed by atoms with E-state index in [0.29, 0.717) is 10.8 Å². The Kier molecular flexibility index (Phi) is 8.24.